The standard InChI is InChI=1S/C16H20N2/c1-2-10-17-16-9-8-12-13(5-3-6-14(12)16)15-7-4-11-18-15/h3-7,11,16-18H,2,8-10H2,1H3. The number of benzene rings is 1. The number of hydrogen-bond donors (Lipinski definition) is 2. The zero-order valence-electron chi connectivity index (χ0n) is 10.9. The average Bonchev–Trinajstić information content (AvgIpc) is 3.05. The van der Waals surface area contributed by atoms with E-state index in [4.69, 9.17) is 0 Å². The van der Waals surface area contributed by atoms with Gasteiger partial charge in [0.15, 0.2) is 0 Å². The van der Waals surface area contributed by atoms with Crippen LogP contribution in [-0.4, -0.2) is 11.5 Å². The molecule has 1 aliphatic rings. The van der Waals surface area contributed by atoms with Crippen molar-refractivity contribution in [1.82, 2.24) is 10.3 Å². The predicted octanol–water partition coefficient (Wildman–Crippen LogP) is 3.67. The van der Waals surface area contributed by atoms with E-state index in [1.807, 2.05) is 6.20 Å². The van der Waals surface area contributed by atoms with Gasteiger partial charge in [-0.1, -0.05) is 25.1 Å². The van der Waals surface area contributed by atoms with Gasteiger partial charge in [0.1, 0.15) is 0 Å². The molecule has 0 bridgehead atoms. The van der Waals surface area contributed by atoms with Crippen molar-refractivity contribution in [3.63, 3.8) is 0 Å². The molecule has 0 saturated carbocycles. The molecule has 18 heavy (non-hydrogen) atoms. The molecule has 1 aromatic heterocycles. The second-order valence-electron chi connectivity index (χ2n) is 5.00. The lowest BCUT2D eigenvalue weighted by molar-refractivity contribution is 0.529. The van der Waals surface area contributed by atoms with Crippen molar-refractivity contribution in [3.8, 4) is 11.3 Å². The normalized spacial score (nSPS) is 17.9. The Labute approximate surface area is 108 Å². The summed E-state index contributed by atoms with van der Waals surface area (Å²) in [5.41, 5.74) is 5.63. The summed E-state index contributed by atoms with van der Waals surface area (Å²) in [7, 11) is 0. The van der Waals surface area contributed by atoms with Gasteiger partial charge < -0.3 is 10.3 Å². The molecule has 0 aliphatic heterocycles. The largest absolute Gasteiger partial charge is 0.361 e. The minimum atomic E-state index is 0.551. The van der Waals surface area contributed by atoms with Crippen LogP contribution in [0.5, 0.6) is 0 Å². The summed E-state index contributed by atoms with van der Waals surface area (Å²) >= 11 is 0. The molecule has 0 radical (unpaired) electrons. The molecular formula is C16H20N2. The summed E-state index contributed by atoms with van der Waals surface area (Å²) in [5.74, 6) is 0. The molecule has 1 heterocycles. The smallest absolute Gasteiger partial charge is 0.0456 e. The van der Waals surface area contributed by atoms with E-state index in [0.29, 0.717) is 6.04 Å². The molecule has 1 atom stereocenters. The third-order valence-electron chi connectivity index (χ3n) is 3.80. The van der Waals surface area contributed by atoms with Gasteiger partial charge in [-0.05, 0) is 49.1 Å². The fourth-order valence-corrected chi connectivity index (χ4v) is 2.94. The number of rotatable bonds is 4. The predicted molar refractivity (Wildman–Crippen MR) is 75.6 cm³/mol. The van der Waals surface area contributed by atoms with E-state index < -0.39 is 0 Å². The van der Waals surface area contributed by atoms with Crippen LogP contribution in [0.2, 0.25) is 0 Å². The lowest BCUT2D eigenvalue weighted by Crippen LogP contribution is -2.19. The van der Waals surface area contributed by atoms with Gasteiger partial charge in [-0.3, -0.25) is 0 Å². The average molecular weight is 240 g/mol. The number of fused-ring (bicyclic) bond motifs is 1. The summed E-state index contributed by atoms with van der Waals surface area (Å²) in [4.78, 5) is 3.32. The molecule has 1 unspecified atom stereocenters. The zero-order valence-corrected chi connectivity index (χ0v) is 10.9. The van der Waals surface area contributed by atoms with E-state index in [9.17, 15) is 0 Å². The molecule has 2 heteroatoms. The Morgan fingerprint density at radius 2 is 2.22 bits per heavy atom. The first-order valence-electron chi connectivity index (χ1n) is 6.89. The van der Waals surface area contributed by atoms with E-state index in [0.717, 1.165) is 6.54 Å². The molecule has 94 valence electrons. The van der Waals surface area contributed by atoms with E-state index in [1.165, 1.54) is 41.6 Å². The van der Waals surface area contributed by atoms with Crippen LogP contribution in [0.15, 0.2) is 36.5 Å². The van der Waals surface area contributed by atoms with E-state index in [2.05, 4.69) is 47.6 Å². The van der Waals surface area contributed by atoms with Crippen molar-refractivity contribution >= 4 is 0 Å². The first-order chi connectivity index (χ1) is 8.90. The number of aromatic nitrogens is 1. The van der Waals surface area contributed by atoms with Gasteiger partial charge in [-0.25, -0.2) is 0 Å². The van der Waals surface area contributed by atoms with Crippen LogP contribution in [0.1, 0.15) is 36.9 Å². The summed E-state index contributed by atoms with van der Waals surface area (Å²) in [6, 6.07) is 11.5. The fourth-order valence-electron chi connectivity index (χ4n) is 2.94. The van der Waals surface area contributed by atoms with Crippen molar-refractivity contribution in [2.45, 2.75) is 32.2 Å². The quantitative estimate of drug-likeness (QED) is 0.838. The molecule has 0 amide bonds. The topological polar surface area (TPSA) is 27.8 Å². The monoisotopic (exact) mass is 240 g/mol. The minimum Gasteiger partial charge on any atom is -0.361 e. The van der Waals surface area contributed by atoms with Crippen molar-refractivity contribution < 1.29 is 0 Å². The maximum atomic E-state index is 3.65. The molecule has 1 aromatic carbocycles. The number of aromatic amines is 1. The van der Waals surface area contributed by atoms with Crippen molar-refractivity contribution in [2.75, 3.05) is 6.54 Å². The minimum absolute atomic E-state index is 0.551. The second kappa shape index (κ2) is 4.99. The summed E-state index contributed by atoms with van der Waals surface area (Å²) in [6.07, 6.45) is 5.61. The lowest BCUT2D eigenvalue weighted by Gasteiger charge is -2.14. The first kappa shape index (κ1) is 11.5. The van der Waals surface area contributed by atoms with Crippen LogP contribution in [0.4, 0.5) is 0 Å². The van der Waals surface area contributed by atoms with Gasteiger partial charge in [0.25, 0.3) is 0 Å². The highest BCUT2D eigenvalue weighted by atomic mass is 14.9. The van der Waals surface area contributed by atoms with Gasteiger partial charge in [0.2, 0.25) is 0 Å². The number of hydrogen-bond acceptors (Lipinski definition) is 1. The second-order valence-corrected chi connectivity index (χ2v) is 5.00. The third kappa shape index (κ3) is 1.97. The zero-order chi connectivity index (χ0) is 12.4. The Morgan fingerprint density at radius 1 is 1.28 bits per heavy atom. The van der Waals surface area contributed by atoms with Gasteiger partial charge in [-0.2, -0.15) is 0 Å². The van der Waals surface area contributed by atoms with Crippen molar-refractivity contribution in [2.24, 2.45) is 0 Å². The molecule has 2 nitrogen and oxygen atoms in total. The van der Waals surface area contributed by atoms with Crippen LogP contribution in [-0.2, 0) is 6.42 Å². The van der Waals surface area contributed by atoms with Crippen molar-refractivity contribution in [3.05, 3.63) is 47.7 Å². The summed E-state index contributed by atoms with van der Waals surface area (Å²) in [6.45, 7) is 3.33. The molecule has 2 aromatic rings. The number of nitrogens with one attached hydrogen (secondary N) is 2. The van der Waals surface area contributed by atoms with Gasteiger partial charge in [-0.15, -0.1) is 0 Å². The van der Waals surface area contributed by atoms with Gasteiger partial charge in [0.05, 0.1) is 0 Å². The highest BCUT2D eigenvalue weighted by molar-refractivity contribution is 5.67. The molecular weight excluding hydrogens is 220 g/mol. The molecule has 0 saturated heterocycles. The third-order valence-corrected chi connectivity index (χ3v) is 3.80. The van der Waals surface area contributed by atoms with Gasteiger partial charge in [0, 0.05) is 23.5 Å². The maximum Gasteiger partial charge on any atom is 0.0456 e. The van der Waals surface area contributed by atoms with E-state index in [-0.39, 0.29) is 0 Å². The lowest BCUT2D eigenvalue weighted by atomic mass is 10.00. The molecule has 3 rings (SSSR count). The van der Waals surface area contributed by atoms with E-state index >= 15 is 0 Å². The molecule has 0 spiro atoms. The number of H-pyrrole nitrogens is 1. The molecule has 1 aliphatic carbocycles. The van der Waals surface area contributed by atoms with Crippen molar-refractivity contribution in [1.29, 1.82) is 0 Å². The first-order valence-corrected chi connectivity index (χ1v) is 6.89. The Bertz CT molecular complexity index is 514. The van der Waals surface area contributed by atoms with Crippen LogP contribution in [0.25, 0.3) is 11.3 Å². The van der Waals surface area contributed by atoms with Crippen LogP contribution in [0.3, 0.4) is 0 Å². The summed E-state index contributed by atoms with van der Waals surface area (Å²) in [5, 5.41) is 3.65. The highest BCUT2D eigenvalue weighted by Gasteiger charge is 2.24. The molecule has 0 fully saturated rings. The SMILES string of the molecule is CCCNC1CCc2c(-c3ccc[nH]3)cccc21. The van der Waals surface area contributed by atoms with Crippen LogP contribution in [0, 0.1) is 0 Å². The van der Waals surface area contributed by atoms with Gasteiger partial charge >= 0.3 is 0 Å². The molecule has 2 N–H and O–H groups in total. The van der Waals surface area contributed by atoms with Crippen LogP contribution >= 0.6 is 0 Å². The Kier molecular flexibility index (Phi) is 3.20. The Hall–Kier alpha value is -1.54. The maximum absolute atomic E-state index is 3.65. The van der Waals surface area contributed by atoms with Crippen LogP contribution < -0.4 is 5.32 Å². The highest BCUT2D eigenvalue weighted by Crippen LogP contribution is 2.37. The Morgan fingerprint density at radius 3 is 3.00 bits per heavy atom. The summed E-state index contributed by atoms with van der Waals surface area (Å²) < 4.78 is 0. The van der Waals surface area contributed by atoms with E-state index in [1.54, 1.807) is 0 Å². The fraction of sp³-hybridized carbons (Fsp3) is 0.375. The Balaban J connectivity index is 1.94.